The van der Waals surface area contributed by atoms with Gasteiger partial charge in [-0.25, -0.2) is 0 Å². The van der Waals surface area contributed by atoms with E-state index in [1.165, 1.54) is 110 Å². The summed E-state index contributed by atoms with van der Waals surface area (Å²) in [4.78, 5) is 2.48. The number of anilines is 3. The Bertz CT molecular complexity index is 3750. The van der Waals surface area contributed by atoms with Gasteiger partial charge in [0.15, 0.2) is 0 Å². The largest absolute Gasteiger partial charge is 0.310 e. The number of hydrogen-bond donors (Lipinski definition) is 0. The van der Waals surface area contributed by atoms with Crippen molar-refractivity contribution in [2.75, 3.05) is 4.90 Å². The Morgan fingerprint density at radius 3 is 1.38 bits per heavy atom. The van der Waals surface area contributed by atoms with Crippen LogP contribution in [0.5, 0.6) is 0 Å². The van der Waals surface area contributed by atoms with Crippen LogP contribution in [-0.4, -0.2) is 0 Å². The van der Waals surface area contributed by atoms with Crippen molar-refractivity contribution in [1.82, 2.24) is 0 Å². The van der Waals surface area contributed by atoms with Crippen molar-refractivity contribution in [1.29, 1.82) is 0 Å². The second-order valence-corrected chi connectivity index (χ2v) is 17.1. The molecule has 1 aliphatic carbocycles. The third kappa shape index (κ3) is 5.94. The number of benzene rings is 12. The minimum Gasteiger partial charge on any atom is -0.310 e. The van der Waals surface area contributed by atoms with Crippen LogP contribution >= 0.6 is 0 Å². The monoisotopic (exact) mass is 823 g/mol. The van der Waals surface area contributed by atoms with E-state index < -0.39 is 0 Å². The maximum atomic E-state index is 2.48. The van der Waals surface area contributed by atoms with Gasteiger partial charge < -0.3 is 4.90 Å². The topological polar surface area (TPSA) is 3.24 Å². The molecule has 0 heterocycles. The summed E-state index contributed by atoms with van der Waals surface area (Å²) in [6.07, 6.45) is 0. The molecule has 0 saturated carbocycles. The Labute approximate surface area is 378 Å². The molecule has 12 aromatic rings. The second kappa shape index (κ2) is 15.1. The van der Waals surface area contributed by atoms with Crippen LogP contribution in [-0.2, 0) is 0 Å². The fourth-order valence-corrected chi connectivity index (χ4v) is 10.7. The highest BCUT2D eigenvalue weighted by molar-refractivity contribution is 6.33. The molecule has 13 rings (SSSR count). The SMILES string of the molecule is c1ccc(-c2ccc(N(c3ccc4c(c3)c3ccccc3c3c(-c5ccccc5)cc(-c5ccccc5)c(-c5ccccc5)c43)c3ccc4c5c(cccc35)-c3ccccc3-4)cc2)cc1. The smallest absolute Gasteiger partial charge is 0.0540 e. The van der Waals surface area contributed by atoms with Crippen LogP contribution in [0.2, 0.25) is 0 Å². The summed E-state index contributed by atoms with van der Waals surface area (Å²) >= 11 is 0. The summed E-state index contributed by atoms with van der Waals surface area (Å²) in [6, 6.07) is 91.6. The first kappa shape index (κ1) is 37.1. The number of hydrogen-bond acceptors (Lipinski definition) is 1. The van der Waals surface area contributed by atoms with Crippen molar-refractivity contribution < 1.29 is 0 Å². The lowest BCUT2D eigenvalue weighted by atomic mass is 9.81. The normalized spacial score (nSPS) is 11.7. The van der Waals surface area contributed by atoms with Crippen molar-refractivity contribution in [3.05, 3.63) is 249 Å². The van der Waals surface area contributed by atoms with Gasteiger partial charge in [-0.2, -0.15) is 0 Å². The molecule has 1 heteroatoms. The molecule has 0 saturated heterocycles. The lowest BCUT2D eigenvalue weighted by Gasteiger charge is -2.28. The van der Waals surface area contributed by atoms with Gasteiger partial charge in [0.25, 0.3) is 0 Å². The lowest BCUT2D eigenvalue weighted by molar-refractivity contribution is 1.30. The van der Waals surface area contributed by atoms with E-state index in [1.807, 2.05) is 0 Å². The third-order valence-corrected chi connectivity index (χ3v) is 13.6. The van der Waals surface area contributed by atoms with E-state index in [-0.39, 0.29) is 0 Å². The number of rotatable bonds is 7. The molecule has 0 fully saturated rings. The van der Waals surface area contributed by atoms with Gasteiger partial charge in [0.1, 0.15) is 0 Å². The summed E-state index contributed by atoms with van der Waals surface area (Å²) < 4.78 is 0. The summed E-state index contributed by atoms with van der Waals surface area (Å²) in [6.45, 7) is 0. The minimum absolute atomic E-state index is 1.10. The molecule has 0 bridgehead atoms. The highest BCUT2D eigenvalue weighted by atomic mass is 15.1. The van der Waals surface area contributed by atoms with Gasteiger partial charge >= 0.3 is 0 Å². The molecule has 0 aromatic heterocycles. The van der Waals surface area contributed by atoms with E-state index >= 15 is 0 Å². The van der Waals surface area contributed by atoms with E-state index in [9.17, 15) is 0 Å². The first-order chi connectivity index (χ1) is 32.3. The summed E-state index contributed by atoms with van der Waals surface area (Å²) in [7, 11) is 0. The fourth-order valence-electron chi connectivity index (χ4n) is 10.7. The summed E-state index contributed by atoms with van der Waals surface area (Å²) in [5, 5.41) is 9.99. The quantitative estimate of drug-likeness (QED) is 0.145. The first-order valence-electron chi connectivity index (χ1n) is 22.5. The number of nitrogens with zero attached hydrogens (tertiary/aromatic N) is 1. The predicted molar refractivity (Wildman–Crippen MR) is 277 cm³/mol. The summed E-state index contributed by atoms with van der Waals surface area (Å²) in [5.41, 5.74) is 18.2. The molecule has 0 aliphatic heterocycles. The molecular weight excluding hydrogens is 783 g/mol. The predicted octanol–water partition coefficient (Wildman–Crippen LogP) is 18.1. The zero-order valence-corrected chi connectivity index (χ0v) is 35.6. The Morgan fingerprint density at radius 2 is 0.708 bits per heavy atom. The van der Waals surface area contributed by atoms with Crippen molar-refractivity contribution in [2.24, 2.45) is 0 Å². The van der Waals surface area contributed by atoms with Crippen LogP contribution in [0.15, 0.2) is 249 Å². The average Bonchev–Trinajstić information content (AvgIpc) is 3.72. The maximum absolute atomic E-state index is 2.48. The van der Waals surface area contributed by atoms with Gasteiger partial charge in [-0.15, -0.1) is 0 Å². The average molecular weight is 824 g/mol. The molecule has 302 valence electrons. The highest BCUT2D eigenvalue weighted by Gasteiger charge is 2.26. The zero-order chi connectivity index (χ0) is 42.8. The highest BCUT2D eigenvalue weighted by Crippen LogP contribution is 2.53. The van der Waals surface area contributed by atoms with Gasteiger partial charge in [-0.3, -0.25) is 0 Å². The minimum atomic E-state index is 1.10. The Kier molecular flexibility index (Phi) is 8.60. The van der Waals surface area contributed by atoms with Crippen LogP contribution in [0.3, 0.4) is 0 Å². The fraction of sp³-hybridized carbons (Fsp3) is 0. The molecule has 0 radical (unpaired) electrons. The van der Waals surface area contributed by atoms with E-state index in [0.29, 0.717) is 0 Å². The molecular formula is C64H41N. The molecule has 0 atom stereocenters. The van der Waals surface area contributed by atoms with Gasteiger partial charge in [0, 0.05) is 16.8 Å². The van der Waals surface area contributed by atoms with Gasteiger partial charge in [0.2, 0.25) is 0 Å². The van der Waals surface area contributed by atoms with Crippen LogP contribution in [0.4, 0.5) is 17.1 Å². The van der Waals surface area contributed by atoms with Crippen LogP contribution < -0.4 is 4.90 Å². The molecule has 0 spiro atoms. The molecule has 65 heavy (non-hydrogen) atoms. The Hall–Kier alpha value is -8.52. The first-order valence-corrected chi connectivity index (χ1v) is 22.5. The standard InChI is InChI=1S/C64H41N/c1-5-18-42(19-6-1)43-32-34-47(35-33-43)65(60-39-38-54-50-27-14-13-26-49(50)52-30-17-31-56(60)62(52)54)48-36-37-55-59(40-48)51-28-15-16-29-53(51)63-58(45-22-9-3-10-23-45)41-57(44-20-7-2-8-21-44)61(64(55)63)46-24-11-4-12-25-46/h1-41H. The molecule has 0 unspecified atom stereocenters. The van der Waals surface area contributed by atoms with Gasteiger partial charge in [-0.05, 0) is 141 Å². The maximum Gasteiger partial charge on any atom is 0.0540 e. The van der Waals surface area contributed by atoms with E-state index in [2.05, 4.69) is 254 Å². The Morgan fingerprint density at radius 1 is 0.215 bits per heavy atom. The molecule has 12 aromatic carbocycles. The van der Waals surface area contributed by atoms with E-state index in [0.717, 1.165) is 17.1 Å². The van der Waals surface area contributed by atoms with E-state index in [4.69, 9.17) is 0 Å². The van der Waals surface area contributed by atoms with Crippen LogP contribution in [0.25, 0.3) is 110 Å². The Balaban J connectivity index is 1.13. The van der Waals surface area contributed by atoms with Crippen LogP contribution in [0.1, 0.15) is 0 Å². The lowest BCUT2D eigenvalue weighted by Crippen LogP contribution is -2.10. The van der Waals surface area contributed by atoms with Crippen molar-refractivity contribution in [3.8, 4) is 66.8 Å². The molecule has 0 amide bonds. The van der Waals surface area contributed by atoms with Crippen molar-refractivity contribution in [3.63, 3.8) is 0 Å². The molecule has 1 aliphatic rings. The van der Waals surface area contributed by atoms with Gasteiger partial charge in [-0.1, -0.05) is 212 Å². The third-order valence-electron chi connectivity index (χ3n) is 13.6. The number of fused-ring (bicyclic) bond motifs is 9. The van der Waals surface area contributed by atoms with Gasteiger partial charge in [0.05, 0.1) is 5.69 Å². The summed E-state index contributed by atoms with van der Waals surface area (Å²) in [5.74, 6) is 0. The molecule has 1 nitrogen and oxygen atoms in total. The second-order valence-electron chi connectivity index (χ2n) is 17.1. The molecule has 0 N–H and O–H groups in total. The van der Waals surface area contributed by atoms with Crippen molar-refractivity contribution in [2.45, 2.75) is 0 Å². The zero-order valence-electron chi connectivity index (χ0n) is 35.6. The van der Waals surface area contributed by atoms with Crippen LogP contribution in [0, 0.1) is 0 Å². The van der Waals surface area contributed by atoms with Crippen molar-refractivity contribution >= 4 is 60.2 Å². The van der Waals surface area contributed by atoms with E-state index in [1.54, 1.807) is 0 Å².